The van der Waals surface area contributed by atoms with E-state index in [9.17, 15) is 0 Å². The zero-order valence-electron chi connectivity index (χ0n) is 19.5. The van der Waals surface area contributed by atoms with Crippen LogP contribution in [0, 0.1) is 0 Å². The molecule has 0 saturated carbocycles. The molecule has 0 aliphatic carbocycles. The van der Waals surface area contributed by atoms with Gasteiger partial charge in [-0.2, -0.15) is 0 Å². The standard InChI is InChI=1S/C21H40O4Si4/c1-9-17-27(7)22-26(5,6)23-28(8,21-16-14-13-15-20(21)12-4)25-29(24-27,18-10-2)19-11-3/h12-16H,4,9-11,17-19H2,1-3,5-8H3. The Balaban J connectivity index is 2.63. The molecule has 0 aromatic heterocycles. The van der Waals surface area contributed by atoms with E-state index >= 15 is 0 Å². The van der Waals surface area contributed by atoms with E-state index in [0.717, 1.165) is 48.1 Å². The Labute approximate surface area is 182 Å². The third-order valence-corrected chi connectivity index (χ3v) is 24.2. The summed E-state index contributed by atoms with van der Waals surface area (Å²) in [7, 11) is -10.1. The van der Waals surface area contributed by atoms with Gasteiger partial charge in [-0.05, 0) is 55.1 Å². The predicted octanol–water partition coefficient (Wildman–Crippen LogP) is 6.13. The minimum Gasteiger partial charge on any atom is -0.416 e. The summed E-state index contributed by atoms with van der Waals surface area (Å²) in [6.45, 7) is 19.4. The van der Waals surface area contributed by atoms with Crippen LogP contribution < -0.4 is 5.19 Å². The van der Waals surface area contributed by atoms with E-state index < -0.39 is 34.2 Å². The number of rotatable bonds is 8. The van der Waals surface area contributed by atoms with E-state index in [0.29, 0.717) is 0 Å². The molecule has 1 aromatic carbocycles. The Bertz CT molecular complexity index is 693. The lowest BCUT2D eigenvalue weighted by atomic mass is 10.2. The highest BCUT2D eigenvalue weighted by Gasteiger charge is 2.57. The van der Waals surface area contributed by atoms with Crippen LogP contribution in [0.2, 0.25) is 44.3 Å². The van der Waals surface area contributed by atoms with Gasteiger partial charge >= 0.3 is 34.2 Å². The van der Waals surface area contributed by atoms with Crippen LogP contribution in [-0.4, -0.2) is 34.2 Å². The summed E-state index contributed by atoms with van der Waals surface area (Å²) < 4.78 is 28.1. The third-order valence-electron chi connectivity index (χ3n) is 5.32. The van der Waals surface area contributed by atoms with Crippen LogP contribution in [0.4, 0.5) is 0 Å². The topological polar surface area (TPSA) is 36.9 Å². The molecular formula is C21H40O4Si4. The first-order valence-corrected chi connectivity index (χ1v) is 21.0. The van der Waals surface area contributed by atoms with Gasteiger partial charge in [-0.3, -0.25) is 0 Å². The van der Waals surface area contributed by atoms with Crippen molar-refractivity contribution in [3.8, 4) is 0 Å². The molecule has 1 aromatic rings. The largest absolute Gasteiger partial charge is 0.416 e. The first-order chi connectivity index (χ1) is 13.6. The molecule has 4 nitrogen and oxygen atoms in total. The molecule has 2 atom stereocenters. The Morgan fingerprint density at radius 3 is 1.93 bits per heavy atom. The lowest BCUT2D eigenvalue weighted by Crippen LogP contribution is -2.70. The van der Waals surface area contributed by atoms with Crippen molar-refractivity contribution in [2.24, 2.45) is 0 Å². The lowest BCUT2D eigenvalue weighted by molar-refractivity contribution is 0.228. The Hall–Kier alpha value is -0.332. The molecule has 1 aliphatic rings. The van der Waals surface area contributed by atoms with Gasteiger partial charge in [-0.25, -0.2) is 0 Å². The minimum absolute atomic E-state index is 0.986. The van der Waals surface area contributed by atoms with E-state index in [4.69, 9.17) is 16.5 Å². The second kappa shape index (κ2) is 9.86. The molecule has 2 unspecified atom stereocenters. The molecule has 1 saturated heterocycles. The van der Waals surface area contributed by atoms with Gasteiger partial charge < -0.3 is 16.5 Å². The highest BCUT2D eigenvalue weighted by Crippen LogP contribution is 2.37. The van der Waals surface area contributed by atoms with Gasteiger partial charge in [0.1, 0.15) is 0 Å². The molecule has 0 bridgehead atoms. The molecule has 29 heavy (non-hydrogen) atoms. The summed E-state index contributed by atoms with van der Waals surface area (Å²) in [5, 5.41) is 1.15. The summed E-state index contributed by atoms with van der Waals surface area (Å²) in [6, 6.07) is 11.3. The summed E-state index contributed by atoms with van der Waals surface area (Å²) in [5.74, 6) is 0. The van der Waals surface area contributed by atoms with Crippen LogP contribution in [0.15, 0.2) is 30.8 Å². The Kier molecular flexibility index (Phi) is 8.48. The summed E-state index contributed by atoms with van der Waals surface area (Å²) in [5.41, 5.74) is 1.09. The third kappa shape index (κ3) is 6.10. The average molecular weight is 469 g/mol. The smallest absolute Gasteiger partial charge is 0.352 e. The van der Waals surface area contributed by atoms with E-state index in [1.165, 1.54) is 0 Å². The van der Waals surface area contributed by atoms with E-state index in [-0.39, 0.29) is 0 Å². The fourth-order valence-electron chi connectivity index (χ4n) is 4.67. The van der Waals surface area contributed by atoms with Crippen LogP contribution in [0.3, 0.4) is 0 Å². The highest BCUT2D eigenvalue weighted by atomic mass is 28.5. The van der Waals surface area contributed by atoms with Gasteiger partial charge in [0.15, 0.2) is 0 Å². The van der Waals surface area contributed by atoms with Crippen LogP contribution in [0.5, 0.6) is 0 Å². The summed E-state index contributed by atoms with van der Waals surface area (Å²) in [6.07, 6.45) is 5.08. The molecular weight excluding hydrogens is 429 g/mol. The number of hydrogen-bond acceptors (Lipinski definition) is 4. The number of benzene rings is 1. The second-order valence-electron chi connectivity index (χ2n) is 8.84. The first-order valence-electron chi connectivity index (χ1n) is 11.1. The summed E-state index contributed by atoms with van der Waals surface area (Å²) in [4.78, 5) is 0. The maximum Gasteiger partial charge on any atom is 0.352 e. The van der Waals surface area contributed by atoms with Crippen molar-refractivity contribution < 1.29 is 16.5 Å². The first kappa shape index (κ1) is 24.9. The normalized spacial score (nSPS) is 29.1. The van der Waals surface area contributed by atoms with Crippen molar-refractivity contribution in [2.75, 3.05) is 0 Å². The average Bonchev–Trinajstić information content (AvgIpc) is 2.59. The zero-order valence-corrected chi connectivity index (χ0v) is 23.5. The Morgan fingerprint density at radius 1 is 0.793 bits per heavy atom. The molecule has 0 N–H and O–H groups in total. The summed E-state index contributed by atoms with van der Waals surface area (Å²) >= 11 is 0. The maximum atomic E-state index is 7.23. The fourth-order valence-corrected chi connectivity index (χ4v) is 27.9. The van der Waals surface area contributed by atoms with Crippen molar-refractivity contribution in [1.82, 2.24) is 0 Å². The monoisotopic (exact) mass is 468 g/mol. The van der Waals surface area contributed by atoms with Crippen LogP contribution in [-0.2, 0) is 16.5 Å². The van der Waals surface area contributed by atoms with Crippen molar-refractivity contribution in [2.45, 2.75) is 84.4 Å². The molecule has 0 amide bonds. The van der Waals surface area contributed by atoms with Gasteiger partial charge in [0.05, 0.1) is 0 Å². The predicted molar refractivity (Wildman–Crippen MR) is 132 cm³/mol. The van der Waals surface area contributed by atoms with E-state index in [1.54, 1.807) is 0 Å². The van der Waals surface area contributed by atoms with Crippen LogP contribution in [0.25, 0.3) is 6.08 Å². The fraction of sp³-hybridized carbons (Fsp3) is 0.619. The lowest BCUT2D eigenvalue weighted by Gasteiger charge is -2.50. The second-order valence-corrected chi connectivity index (χ2v) is 22.9. The van der Waals surface area contributed by atoms with E-state index in [1.807, 2.05) is 12.1 Å². The van der Waals surface area contributed by atoms with Gasteiger partial charge in [0.2, 0.25) is 0 Å². The zero-order chi connectivity index (χ0) is 21.8. The van der Waals surface area contributed by atoms with Gasteiger partial charge in [0.25, 0.3) is 0 Å². The molecule has 0 spiro atoms. The van der Waals surface area contributed by atoms with Crippen LogP contribution in [0.1, 0.15) is 45.6 Å². The number of hydrogen-bond donors (Lipinski definition) is 0. The molecule has 0 radical (unpaired) electrons. The molecule has 1 fully saturated rings. The quantitative estimate of drug-likeness (QED) is 0.430. The van der Waals surface area contributed by atoms with E-state index in [2.05, 4.69) is 71.7 Å². The molecule has 1 heterocycles. The molecule has 2 rings (SSSR count). The van der Waals surface area contributed by atoms with Crippen molar-refractivity contribution in [1.29, 1.82) is 0 Å². The van der Waals surface area contributed by atoms with Gasteiger partial charge in [0, 0.05) is 0 Å². The molecule has 8 heteroatoms. The van der Waals surface area contributed by atoms with Gasteiger partial charge in [-0.15, -0.1) is 0 Å². The molecule has 1 aliphatic heterocycles. The van der Waals surface area contributed by atoms with Crippen molar-refractivity contribution >= 4 is 45.5 Å². The van der Waals surface area contributed by atoms with Crippen molar-refractivity contribution in [3.05, 3.63) is 36.4 Å². The van der Waals surface area contributed by atoms with Gasteiger partial charge in [-0.1, -0.05) is 77.0 Å². The maximum absolute atomic E-state index is 7.23. The Morgan fingerprint density at radius 2 is 1.38 bits per heavy atom. The van der Waals surface area contributed by atoms with Crippen molar-refractivity contribution in [3.63, 3.8) is 0 Å². The van der Waals surface area contributed by atoms with Crippen LogP contribution >= 0.6 is 0 Å². The molecule has 164 valence electrons. The highest BCUT2D eigenvalue weighted by molar-refractivity contribution is 6.98. The SMILES string of the molecule is C=Cc1ccccc1[Si]1(C)O[Si](C)(C)O[Si](C)(CCC)O[Si](CCC)(CCC)O1. The minimum atomic E-state index is -2.77.